The zero-order valence-corrected chi connectivity index (χ0v) is 18.7. The van der Waals surface area contributed by atoms with E-state index in [0.29, 0.717) is 24.9 Å². The lowest BCUT2D eigenvalue weighted by Crippen LogP contribution is -2.51. The summed E-state index contributed by atoms with van der Waals surface area (Å²) in [6.45, 7) is 7.85. The van der Waals surface area contributed by atoms with Crippen LogP contribution >= 0.6 is 0 Å². The summed E-state index contributed by atoms with van der Waals surface area (Å²) in [5.41, 5.74) is 1.46. The zero-order chi connectivity index (χ0) is 22.8. The number of esters is 1. The molecular formula is C24H30N2O5. The van der Waals surface area contributed by atoms with Gasteiger partial charge in [-0.15, -0.1) is 0 Å². The molecule has 0 saturated carbocycles. The molecule has 3 rings (SSSR count). The van der Waals surface area contributed by atoms with Crippen LogP contribution in [0.5, 0.6) is 0 Å². The highest BCUT2D eigenvalue weighted by Crippen LogP contribution is 2.35. The van der Waals surface area contributed by atoms with E-state index < -0.39 is 17.2 Å². The standard InChI is InChI=1S/C24H30N2O5/c1-16(26-13-12-24(4,31-22(26)28)15-23(2,3)29)17-6-8-18(9-7-17)20-11-10-19(14-25-20)21(27)30-5/h6-11,14,16,29H,12-13,15H2,1-5H3/t16-,24-/m0/s1. The first kappa shape index (κ1) is 22.7. The Labute approximate surface area is 183 Å². The minimum Gasteiger partial charge on any atom is -0.465 e. The van der Waals surface area contributed by atoms with Gasteiger partial charge in [-0.1, -0.05) is 24.3 Å². The number of pyridine rings is 1. The predicted octanol–water partition coefficient (Wildman–Crippen LogP) is 4.36. The van der Waals surface area contributed by atoms with Gasteiger partial charge in [0, 0.05) is 31.1 Å². The first-order valence-corrected chi connectivity index (χ1v) is 10.4. The number of rotatable bonds is 6. The van der Waals surface area contributed by atoms with Gasteiger partial charge in [0.05, 0.1) is 30.0 Å². The van der Waals surface area contributed by atoms with E-state index in [1.807, 2.05) is 38.1 Å². The molecule has 7 heteroatoms. The van der Waals surface area contributed by atoms with Gasteiger partial charge in [0.2, 0.25) is 0 Å². The van der Waals surface area contributed by atoms with Crippen molar-refractivity contribution in [1.29, 1.82) is 0 Å². The molecule has 7 nitrogen and oxygen atoms in total. The Hall–Kier alpha value is -2.93. The van der Waals surface area contributed by atoms with E-state index >= 15 is 0 Å². The maximum Gasteiger partial charge on any atom is 0.410 e. The Morgan fingerprint density at radius 2 is 1.97 bits per heavy atom. The molecule has 1 aromatic heterocycles. The first-order chi connectivity index (χ1) is 14.5. The number of nitrogens with zero attached hydrogens (tertiary/aromatic N) is 2. The molecule has 0 aliphatic carbocycles. The van der Waals surface area contributed by atoms with Crippen molar-refractivity contribution in [2.24, 2.45) is 0 Å². The van der Waals surface area contributed by atoms with Crippen LogP contribution in [-0.4, -0.2) is 51.9 Å². The number of cyclic esters (lactones) is 1. The number of hydrogen-bond donors (Lipinski definition) is 1. The van der Waals surface area contributed by atoms with Crippen molar-refractivity contribution in [3.63, 3.8) is 0 Å². The molecule has 0 spiro atoms. The average molecular weight is 427 g/mol. The van der Waals surface area contributed by atoms with Crippen molar-refractivity contribution in [2.45, 2.75) is 57.8 Å². The van der Waals surface area contributed by atoms with Crippen LogP contribution in [0.3, 0.4) is 0 Å². The minimum atomic E-state index is -0.901. The summed E-state index contributed by atoms with van der Waals surface area (Å²) in [7, 11) is 1.34. The van der Waals surface area contributed by atoms with E-state index in [-0.39, 0.29) is 12.1 Å². The number of carbonyl (C=O) groups is 2. The molecule has 1 aliphatic heterocycles. The number of hydrogen-bond acceptors (Lipinski definition) is 6. The molecule has 0 bridgehead atoms. The van der Waals surface area contributed by atoms with Crippen molar-refractivity contribution in [1.82, 2.24) is 9.88 Å². The minimum absolute atomic E-state index is 0.150. The second-order valence-electron chi connectivity index (χ2n) is 8.97. The first-order valence-electron chi connectivity index (χ1n) is 10.4. The van der Waals surface area contributed by atoms with Gasteiger partial charge in [-0.2, -0.15) is 0 Å². The Bertz CT molecular complexity index is 934. The van der Waals surface area contributed by atoms with Crippen LogP contribution in [-0.2, 0) is 9.47 Å². The van der Waals surface area contributed by atoms with Crippen molar-refractivity contribution >= 4 is 12.1 Å². The highest BCUT2D eigenvalue weighted by Gasteiger charge is 2.41. The van der Waals surface area contributed by atoms with Gasteiger partial charge in [-0.05, 0) is 45.4 Å². The van der Waals surface area contributed by atoms with Gasteiger partial charge in [0.15, 0.2) is 0 Å². The van der Waals surface area contributed by atoms with E-state index in [1.54, 1.807) is 30.9 Å². The predicted molar refractivity (Wildman–Crippen MR) is 117 cm³/mol. The Balaban J connectivity index is 1.69. The van der Waals surface area contributed by atoms with Crippen LogP contribution in [0.25, 0.3) is 11.3 Å². The highest BCUT2D eigenvalue weighted by molar-refractivity contribution is 5.89. The van der Waals surface area contributed by atoms with Crippen LogP contribution in [0.1, 0.15) is 62.5 Å². The number of aromatic nitrogens is 1. The summed E-state index contributed by atoms with van der Waals surface area (Å²) in [5.74, 6) is -0.421. The van der Waals surface area contributed by atoms with Gasteiger partial charge >= 0.3 is 12.1 Å². The van der Waals surface area contributed by atoms with Crippen LogP contribution in [0, 0.1) is 0 Å². The van der Waals surface area contributed by atoms with E-state index in [0.717, 1.165) is 16.8 Å². The fourth-order valence-electron chi connectivity index (χ4n) is 4.08. The normalized spacial score (nSPS) is 20.2. The van der Waals surface area contributed by atoms with E-state index in [9.17, 15) is 14.7 Å². The molecule has 0 radical (unpaired) electrons. The van der Waals surface area contributed by atoms with Crippen molar-refractivity contribution in [3.05, 3.63) is 53.7 Å². The smallest absolute Gasteiger partial charge is 0.410 e. The number of benzene rings is 1. The van der Waals surface area contributed by atoms with Gasteiger partial charge < -0.3 is 19.5 Å². The molecule has 1 saturated heterocycles. The van der Waals surface area contributed by atoms with E-state index in [2.05, 4.69) is 4.98 Å². The molecule has 2 aromatic rings. The second kappa shape index (κ2) is 8.67. The summed E-state index contributed by atoms with van der Waals surface area (Å²) in [6, 6.07) is 11.1. The van der Waals surface area contributed by atoms with Crippen molar-refractivity contribution < 1.29 is 24.2 Å². The third-order valence-electron chi connectivity index (χ3n) is 5.60. The highest BCUT2D eigenvalue weighted by atomic mass is 16.6. The van der Waals surface area contributed by atoms with Crippen LogP contribution < -0.4 is 0 Å². The van der Waals surface area contributed by atoms with Gasteiger partial charge in [-0.3, -0.25) is 4.98 Å². The third-order valence-corrected chi connectivity index (χ3v) is 5.60. The molecule has 2 heterocycles. The summed E-state index contributed by atoms with van der Waals surface area (Å²) < 4.78 is 10.4. The summed E-state index contributed by atoms with van der Waals surface area (Å²) in [6.07, 6.45) is 2.17. The number of methoxy groups -OCH3 is 1. The SMILES string of the molecule is COC(=O)c1ccc(-c2ccc([C@H](C)N3CC[C@@](C)(CC(C)(C)O)OC3=O)cc2)nc1. The second-order valence-corrected chi connectivity index (χ2v) is 8.97. The quantitative estimate of drug-likeness (QED) is 0.691. The molecule has 31 heavy (non-hydrogen) atoms. The topological polar surface area (TPSA) is 89.0 Å². The van der Waals surface area contributed by atoms with Crippen molar-refractivity contribution in [2.75, 3.05) is 13.7 Å². The molecule has 0 unspecified atom stereocenters. The lowest BCUT2D eigenvalue weighted by molar-refractivity contribution is -0.0859. The van der Waals surface area contributed by atoms with Crippen LogP contribution in [0.4, 0.5) is 4.79 Å². The van der Waals surface area contributed by atoms with Crippen LogP contribution in [0.15, 0.2) is 42.6 Å². The number of carbonyl (C=O) groups excluding carboxylic acids is 2. The van der Waals surface area contributed by atoms with E-state index in [4.69, 9.17) is 9.47 Å². The fraction of sp³-hybridized carbons (Fsp3) is 0.458. The molecule has 1 N–H and O–H groups in total. The Kier molecular flexibility index (Phi) is 6.36. The van der Waals surface area contributed by atoms with Gasteiger partial charge in [0.1, 0.15) is 5.60 Å². The maximum absolute atomic E-state index is 12.7. The summed E-state index contributed by atoms with van der Waals surface area (Å²) >= 11 is 0. The molecule has 1 aliphatic rings. The zero-order valence-electron chi connectivity index (χ0n) is 18.7. The summed E-state index contributed by atoms with van der Waals surface area (Å²) in [5, 5.41) is 10.1. The summed E-state index contributed by atoms with van der Waals surface area (Å²) in [4.78, 5) is 30.3. The number of aliphatic hydroxyl groups is 1. The van der Waals surface area contributed by atoms with Crippen LogP contribution in [0.2, 0.25) is 0 Å². The lowest BCUT2D eigenvalue weighted by Gasteiger charge is -2.43. The number of amides is 1. The molecule has 166 valence electrons. The fourth-order valence-corrected chi connectivity index (χ4v) is 4.08. The Morgan fingerprint density at radius 3 is 2.48 bits per heavy atom. The monoisotopic (exact) mass is 426 g/mol. The average Bonchev–Trinajstić information content (AvgIpc) is 2.71. The maximum atomic E-state index is 12.7. The van der Waals surface area contributed by atoms with Gasteiger partial charge in [0.25, 0.3) is 0 Å². The van der Waals surface area contributed by atoms with Crippen molar-refractivity contribution in [3.8, 4) is 11.3 Å². The third kappa shape index (κ3) is 5.41. The Morgan fingerprint density at radius 1 is 1.29 bits per heavy atom. The largest absolute Gasteiger partial charge is 0.465 e. The molecule has 1 aromatic carbocycles. The molecule has 1 amide bonds. The molecule has 2 atom stereocenters. The number of ether oxygens (including phenoxy) is 2. The van der Waals surface area contributed by atoms with E-state index in [1.165, 1.54) is 13.3 Å². The van der Waals surface area contributed by atoms with Gasteiger partial charge in [-0.25, -0.2) is 9.59 Å². The molecular weight excluding hydrogens is 396 g/mol. The lowest BCUT2D eigenvalue weighted by atomic mass is 9.87. The molecule has 1 fully saturated rings.